The van der Waals surface area contributed by atoms with Gasteiger partial charge < -0.3 is 5.32 Å². The Morgan fingerprint density at radius 3 is 2.24 bits per heavy atom. The second-order valence-electron chi connectivity index (χ2n) is 5.79. The summed E-state index contributed by atoms with van der Waals surface area (Å²) < 4.78 is 0. The average molecular weight is 355 g/mol. The molecule has 25 heavy (non-hydrogen) atoms. The number of carbonyl (C=O) groups excluding carboxylic acids is 2. The first-order valence-electron chi connectivity index (χ1n) is 8.29. The minimum atomic E-state index is -0.500. The van der Waals surface area contributed by atoms with Crippen LogP contribution in [0, 0.1) is 0 Å². The minimum Gasteiger partial charge on any atom is -0.350 e. The van der Waals surface area contributed by atoms with Gasteiger partial charge in [0.15, 0.2) is 0 Å². The van der Waals surface area contributed by atoms with Crippen LogP contribution in [0.5, 0.6) is 0 Å². The van der Waals surface area contributed by atoms with Crippen molar-refractivity contribution in [3.8, 4) is 0 Å². The van der Waals surface area contributed by atoms with Gasteiger partial charge >= 0.3 is 0 Å². The SMILES string of the molecule is CCc1ccc(NC2=C(Cl)C(=O)N(c3ccccc3CC)C2=O)cc1. The lowest BCUT2D eigenvalue weighted by Gasteiger charge is -2.18. The summed E-state index contributed by atoms with van der Waals surface area (Å²) in [4.78, 5) is 26.5. The quantitative estimate of drug-likeness (QED) is 0.817. The molecule has 128 valence electrons. The van der Waals surface area contributed by atoms with Gasteiger partial charge in [-0.05, 0) is 42.2 Å². The van der Waals surface area contributed by atoms with E-state index in [1.54, 1.807) is 12.1 Å². The first-order chi connectivity index (χ1) is 12.1. The Labute approximate surface area is 152 Å². The van der Waals surface area contributed by atoms with Crippen molar-refractivity contribution in [2.75, 3.05) is 10.2 Å². The molecule has 1 aliphatic rings. The summed E-state index contributed by atoms with van der Waals surface area (Å²) >= 11 is 6.18. The van der Waals surface area contributed by atoms with Gasteiger partial charge in [-0.1, -0.05) is 55.8 Å². The van der Waals surface area contributed by atoms with Crippen LogP contribution >= 0.6 is 11.6 Å². The Morgan fingerprint density at radius 2 is 1.60 bits per heavy atom. The molecule has 2 aromatic rings. The van der Waals surface area contributed by atoms with Crippen LogP contribution in [0.2, 0.25) is 0 Å². The first kappa shape index (κ1) is 17.2. The van der Waals surface area contributed by atoms with Gasteiger partial charge in [0.2, 0.25) is 0 Å². The molecule has 5 heteroatoms. The lowest BCUT2D eigenvalue weighted by atomic mass is 10.1. The van der Waals surface area contributed by atoms with Crippen molar-refractivity contribution in [2.45, 2.75) is 26.7 Å². The monoisotopic (exact) mass is 354 g/mol. The highest BCUT2D eigenvalue weighted by atomic mass is 35.5. The van der Waals surface area contributed by atoms with E-state index in [4.69, 9.17) is 11.6 Å². The van der Waals surface area contributed by atoms with Crippen molar-refractivity contribution in [3.05, 3.63) is 70.4 Å². The van der Waals surface area contributed by atoms with Gasteiger partial charge in [-0.25, -0.2) is 4.90 Å². The topological polar surface area (TPSA) is 49.4 Å². The maximum absolute atomic E-state index is 12.8. The molecule has 0 atom stereocenters. The third kappa shape index (κ3) is 3.17. The third-order valence-corrected chi connectivity index (χ3v) is 4.62. The molecule has 1 aliphatic heterocycles. The molecule has 0 bridgehead atoms. The van der Waals surface area contributed by atoms with E-state index < -0.39 is 11.8 Å². The fourth-order valence-electron chi connectivity index (χ4n) is 2.83. The average Bonchev–Trinajstić information content (AvgIpc) is 2.85. The van der Waals surface area contributed by atoms with Crippen molar-refractivity contribution in [1.82, 2.24) is 0 Å². The van der Waals surface area contributed by atoms with Crippen molar-refractivity contribution in [2.24, 2.45) is 0 Å². The molecule has 0 spiro atoms. The predicted molar refractivity (Wildman–Crippen MR) is 101 cm³/mol. The standard InChI is InChI=1S/C20H19ClN2O2/c1-3-13-9-11-15(12-10-13)22-18-17(21)19(24)23(20(18)25)16-8-6-5-7-14(16)4-2/h5-12,22H,3-4H2,1-2H3. The van der Waals surface area contributed by atoms with Crippen LogP contribution in [-0.2, 0) is 22.4 Å². The lowest BCUT2D eigenvalue weighted by molar-refractivity contribution is -0.120. The maximum Gasteiger partial charge on any atom is 0.283 e. The van der Waals surface area contributed by atoms with Crippen LogP contribution in [0.25, 0.3) is 0 Å². The fraction of sp³-hybridized carbons (Fsp3) is 0.200. The molecule has 4 nitrogen and oxygen atoms in total. The summed E-state index contributed by atoms with van der Waals surface area (Å²) in [7, 11) is 0. The maximum atomic E-state index is 12.8. The highest BCUT2D eigenvalue weighted by molar-refractivity contribution is 6.53. The number of carbonyl (C=O) groups is 2. The van der Waals surface area contributed by atoms with E-state index in [1.165, 1.54) is 5.56 Å². The summed E-state index contributed by atoms with van der Waals surface area (Å²) in [5, 5.41) is 2.91. The van der Waals surface area contributed by atoms with Crippen molar-refractivity contribution >= 4 is 34.8 Å². The molecular weight excluding hydrogens is 336 g/mol. The number of imide groups is 1. The molecule has 2 aromatic carbocycles. The van der Waals surface area contributed by atoms with Gasteiger partial charge in [-0.15, -0.1) is 0 Å². The molecule has 3 rings (SSSR count). The van der Waals surface area contributed by atoms with Gasteiger partial charge in [0, 0.05) is 5.69 Å². The number of anilines is 2. The van der Waals surface area contributed by atoms with Crippen LogP contribution in [0.3, 0.4) is 0 Å². The van der Waals surface area contributed by atoms with Crippen LogP contribution < -0.4 is 10.2 Å². The summed E-state index contributed by atoms with van der Waals surface area (Å²) in [5.74, 6) is -0.935. The number of hydrogen-bond acceptors (Lipinski definition) is 3. The number of benzene rings is 2. The Morgan fingerprint density at radius 1 is 0.920 bits per heavy atom. The smallest absolute Gasteiger partial charge is 0.283 e. The van der Waals surface area contributed by atoms with Crippen molar-refractivity contribution in [3.63, 3.8) is 0 Å². The third-order valence-electron chi connectivity index (χ3n) is 4.27. The van der Waals surface area contributed by atoms with Gasteiger partial charge in [-0.2, -0.15) is 0 Å². The number of amides is 2. The van der Waals surface area contributed by atoms with Gasteiger partial charge in [-0.3, -0.25) is 9.59 Å². The number of nitrogens with one attached hydrogen (secondary N) is 1. The van der Waals surface area contributed by atoms with Gasteiger partial charge in [0.25, 0.3) is 11.8 Å². The molecule has 1 N–H and O–H groups in total. The van der Waals surface area contributed by atoms with E-state index in [9.17, 15) is 9.59 Å². The van der Waals surface area contributed by atoms with Crippen LogP contribution in [-0.4, -0.2) is 11.8 Å². The number of rotatable bonds is 5. The largest absolute Gasteiger partial charge is 0.350 e. The number of halogens is 1. The van der Waals surface area contributed by atoms with Crippen LogP contribution in [0.4, 0.5) is 11.4 Å². The Kier molecular flexibility index (Phi) is 4.91. The zero-order chi connectivity index (χ0) is 18.0. The number of hydrogen-bond donors (Lipinski definition) is 1. The summed E-state index contributed by atoms with van der Waals surface area (Å²) in [6.45, 7) is 4.05. The van der Waals surface area contributed by atoms with Crippen molar-refractivity contribution < 1.29 is 9.59 Å². The number of para-hydroxylation sites is 1. The highest BCUT2D eigenvalue weighted by Crippen LogP contribution is 2.32. The fourth-order valence-corrected chi connectivity index (χ4v) is 3.04. The molecule has 2 amide bonds. The van der Waals surface area contributed by atoms with E-state index in [0.717, 1.165) is 22.6 Å². The van der Waals surface area contributed by atoms with E-state index in [-0.39, 0.29) is 10.7 Å². The second kappa shape index (κ2) is 7.11. The van der Waals surface area contributed by atoms with E-state index in [2.05, 4.69) is 12.2 Å². The minimum absolute atomic E-state index is 0.0875. The molecule has 0 saturated heterocycles. The Bertz CT molecular complexity index is 856. The molecule has 0 fully saturated rings. The van der Waals surface area contributed by atoms with E-state index >= 15 is 0 Å². The van der Waals surface area contributed by atoms with Gasteiger partial charge in [0.1, 0.15) is 10.7 Å². The highest BCUT2D eigenvalue weighted by Gasteiger charge is 2.39. The molecule has 0 radical (unpaired) electrons. The number of aryl methyl sites for hydroxylation is 2. The molecule has 0 aromatic heterocycles. The predicted octanol–water partition coefficient (Wildman–Crippen LogP) is 4.25. The molecule has 0 unspecified atom stereocenters. The summed E-state index contributed by atoms with van der Waals surface area (Å²) in [5.41, 5.74) is 3.52. The molecular formula is C20H19ClN2O2. The van der Waals surface area contributed by atoms with Crippen LogP contribution in [0.15, 0.2) is 59.3 Å². The summed E-state index contributed by atoms with van der Waals surface area (Å²) in [6, 6.07) is 15.0. The molecule has 0 aliphatic carbocycles. The Balaban J connectivity index is 1.91. The van der Waals surface area contributed by atoms with Crippen molar-refractivity contribution in [1.29, 1.82) is 0 Å². The zero-order valence-electron chi connectivity index (χ0n) is 14.2. The van der Waals surface area contributed by atoms with Gasteiger partial charge in [0.05, 0.1) is 5.69 Å². The van der Waals surface area contributed by atoms with Crippen LogP contribution in [0.1, 0.15) is 25.0 Å². The molecule has 1 heterocycles. The zero-order valence-corrected chi connectivity index (χ0v) is 14.9. The normalized spacial score (nSPS) is 14.4. The van der Waals surface area contributed by atoms with E-state index in [0.29, 0.717) is 12.1 Å². The number of nitrogens with zero attached hydrogens (tertiary/aromatic N) is 1. The molecule has 0 saturated carbocycles. The second-order valence-corrected chi connectivity index (χ2v) is 6.17. The summed E-state index contributed by atoms with van der Waals surface area (Å²) in [6.07, 6.45) is 1.65. The first-order valence-corrected chi connectivity index (χ1v) is 8.67. The lowest BCUT2D eigenvalue weighted by Crippen LogP contribution is -2.33. The van der Waals surface area contributed by atoms with E-state index in [1.807, 2.05) is 43.3 Å². The Hall–Kier alpha value is -2.59.